The first-order valence-electron chi connectivity index (χ1n) is 5.86. The van der Waals surface area contributed by atoms with Crippen molar-refractivity contribution in [3.05, 3.63) is 51.7 Å². The van der Waals surface area contributed by atoms with E-state index in [1.807, 2.05) is 0 Å². The molecule has 2 N–H and O–H groups in total. The number of hydrogen-bond acceptors (Lipinski definition) is 6. The zero-order valence-corrected chi connectivity index (χ0v) is 10.9. The first-order chi connectivity index (χ1) is 10.0. The first kappa shape index (κ1) is 14.4. The smallest absolute Gasteiger partial charge is 0.285 e. The second-order valence-electron chi connectivity index (χ2n) is 4.03. The van der Waals surface area contributed by atoms with Gasteiger partial charge in [-0.25, -0.2) is 4.39 Å². The van der Waals surface area contributed by atoms with Crippen LogP contribution in [0.2, 0.25) is 0 Å². The SMILES string of the molecule is CNc1cc(C(=O)NCc2ccon2)c([N+](=O)[O-])cc1F. The molecule has 0 fully saturated rings. The minimum Gasteiger partial charge on any atom is -0.386 e. The van der Waals surface area contributed by atoms with E-state index in [-0.39, 0.29) is 17.8 Å². The van der Waals surface area contributed by atoms with Gasteiger partial charge in [-0.2, -0.15) is 0 Å². The Bertz CT molecular complexity index is 672. The standard InChI is InChI=1S/C12H11FN4O4/c1-14-10-4-8(11(17(19)20)5-9(10)13)12(18)15-6-7-2-3-21-16-7/h2-5,14H,6H2,1H3,(H,15,18). The summed E-state index contributed by atoms with van der Waals surface area (Å²) in [4.78, 5) is 22.1. The number of amides is 1. The second kappa shape index (κ2) is 5.99. The van der Waals surface area contributed by atoms with Gasteiger partial charge in [-0.15, -0.1) is 0 Å². The normalized spacial score (nSPS) is 10.2. The Hall–Kier alpha value is -2.97. The molecule has 1 amide bonds. The molecule has 0 unspecified atom stereocenters. The molecule has 2 aromatic rings. The predicted octanol–water partition coefficient (Wildman–Crippen LogP) is 1.69. The van der Waals surface area contributed by atoms with E-state index in [1.54, 1.807) is 6.07 Å². The third kappa shape index (κ3) is 3.14. The Morgan fingerprint density at radius 2 is 2.29 bits per heavy atom. The van der Waals surface area contributed by atoms with Crippen LogP contribution in [0.5, 0.6) is 0 Å². The molecule has 1 aromatic carbocycles. The van der Waals surface area contributed by atoms with Crippen molar-refractivity contribution in [3.63, 3.8) is 0 Å². The highest BCUT2D eigenvalue weighted by Crippen LogP contribution is 2.25. The summed E-state index contributed by atoms with van der Waals surface area (Å²) in [6, 6.07) is 3.33. The van der Waals surface area contributed by atoms with E-state index in [1.165, 1.54) is 13.3 Å². The van der Waals surface area contributed by atoms with Gasteiger partial charge in [0.25, 0.3) is 11.6 Å². The molecule has 21 heavy (non-hydrogen) atoms. The summed E-state index contributed by atoms with van der Waals surface area (Å²) in [7, 11) is 1.45. The number of rotatable bonds is 5. The Morgan fingerprint density at radius 3 is 2.86 bits per heavy atom. The van der Waals surface area contributed by atoms with Gasteiger partial charge in [0.2, 0.25) is 0 Å². The Balaban J connectivity index is 2.27. The van der Waals surface area contributed by atoms with Gasteiger partial charge in [0.1, 0.15) is 17.5 Å². The van der Waals surface area contributed by atoms with Gasteiger partial charge in [0.05, 0.1) is 23.2 Å². The van der Waals surface area contributed by atoms with E-state index in [2.05, 4.69) is 20.3 Å². The van der Waals surface area contributed by atoms with Crippen LogP contribution < -0.4 is 10.6 Å². The molecule has 0 aliphatic heterocycles. The van der Waals surface area contributed by atoms with E-state index < -0.39 is 22.3 Å². The summed E-state index contributed by atoms with van der Waals surface area (Å²) in [5, 5.41) is 19.5. The highest BCUT2D eigenvalue weighted by Gasteiger charge is 2.23. The average Bonchev–Trinajstić information content (AvgIpc) is 2.97. The van der Waals surface area contributed by atoms with Crippen molar-refractivity contribution < 1.29 is 18.6 Å². The van der Waals surface area contributed by atoms with Crippen LogP contribution in [0.4, 0.5) is 15.8 Å². The van der Waals surface area contributed by atoms with E-state index in [0.29, 0.717) is 11.8 Å². The maximum Gasteiger partial charge on any atom is 0.285 e. The minimum atomic E-state index is -0.812. The third-order valence-electron chi connectivity index (χ3n) is 2.72. The van der Waals surface area contributed by atoms with Crippen molar-refractivity contribution in [3.8, 4) is 0 Å². The second-order valence-corrected chi connectivity index (χ2v) is 4.03. The van der Waals surface area contributed by atoms with Crippen LogP contribution in [-0.2, 0) is 6.54 Å². The summed E-state index contributed by atoms with van der Waals surface area (Å²) in [6.07, 6.45) is 1.33. The van der Waals surface area contributed by atoms with Crippen molar-refractivity contribution in [2.45, 2.75) is 6.54 Å². The minimum absolute atomic E-state index is 0.00724. The average molecular weight is 294 g/mol. The molecular weight excluding hydrogens is 283 g/mol. The summed E-state index contributed by atoms with van der Waals surface area (Å²) >= 11 is 0. The summed E-state index contributed by atoms with van der Waals surface area (Å²) in [6.45, 7) is 0.0404. The zero-order chi connectivity index (χ0) is 15.4. The van der Waals surface area contributed by atoms with Crippen molar-refractivity contribution in [2.75, 3.05) is 12.4 Å². The van der Waals surface area contributed by atoms with Crippen LogP contribution in [0.25, 0.3) is 0 Å². The Kier molecular flexibility index (Phi) is 4.12. The number of carbonyl (C=O) groups is 1. The molecule has 2 rings (SSSR count). The van der Waals surface area contributed by atoms with Crippen LogP contribution in [0, 0.1) is 15.9 Å². The van der Waals surface area contributed by atoms with Crippen LogP contribution in [0.1, 0.15) is 16.1 Å². The van der Waals surface area contributed by atoms with Gasteiger partial charge in [0.15, 0.2) is 5.82 Å². The first-order valence-corrected chi connectivity index (χ1v) is 5.86. The molecule has 110 valence electrons. The fraction of sp³-hybridized carbons (Fsp3) is 0.167. The summed E-state index contributed by atoms with van der Waals surface area (Å²) in [5.41, 5.74) is -0.396. The highest BCUT2D eigenvalue weighted by atomic mass is 19.1. The van der Waals surface area contributed by atoms with Crippen LogP contribution >= 0.6 is 0 Å². The van der Waals surface area contributed by atoms with Gasteiger partial charge < -0.3 is 15.2 Å². The molecule has 0 spiro atoms. The molecule has 8 nitrogen and oxygen atoms in total. The number of nitrogens with one attached hydrogen (secondary N) is 2. The van der Waals surface area contributed by atoms with Crippen molar-refractivity contribution in [1.29, 1.82) is 0 Å². The molecule has 0 bridgehead atoms. The van der Waals surface area contributed by atoms with Crippen LogP contribution in [-0.4, -0.2) is 23.0 Å². The van der Waals surface area contributed by atoms with Gasteiger partial charge >= 0.3 is 0 Å². The molecule has 0 saturated carbocycles. The number of nitro benzene ring substituents is 1. The fourth-order valence-corrected chi connectivity index (χ4v) is 1.68. The lowest BCUT2D eigenvalue weighted by Gasteiger charge is -2.08. The molecular formula is C12H11FN4O4. The Labute approximate surface area is 118 Å². The lowest BCUT2D eigenvalue weighted by molar-refractivity contribution is -0.385. The zero-order valence-electron chi connectivity index (χ0n) is 10.9. The lowest BCUT2D eigenvalue weighted by atomic mass is 10.1. The molecule has 0 atom stereocenters. The van der Waals surface area contributed by atoms with Gasteiger partial charge in [-0.3, -0.25) is 14.9 Å². The summed E-state index contributed by atoms with van der Waals surface area (Å²) in [5.74, 6) is -1.52. The number of nitrogens with zero attached hydrogens (tertiary/aromatic N) is 2. The number of carbonyl (C=O) groups excluding carboxylic acids is 1. The number of nitro groups is 1. The number of hydrogen-bond donors (Lipinski definition) is 2. The maximum absolute atomic E-state index is 13.5. The number of aromatic nitrogens is 1. The predicted molar refractivity (Wildman–Crippen MR) is 70.3 cm³/mol. The lowest BCUT2D eigenvalue weighted by Crippen LogP contribution is -2.24. The number of anilines is 1. The molecule has 1 aromatic heterocycles. The van der Waals surface area contributed by atoms with Gasteiger partial charge in [-0.1, -0.05) is 5.16 Å². The maximum atomic E-state index is 13.5. The van der Waals surface area contributed by atoms with E-state index in [9.17, 15) is 19.3 Å². The topological polar surface area (TPSA) is 110 Å². The Morgan fingerprint density at radius 1 is 1.52 bits per heavy atom. The monoisotopic (exact) mass is 294 g/mol. The van der Waals surface area contributed by atoms with Crippen molar-refractivity contribution in [1.82, 2.24) is 10.5 Å². The van der Waals surface area contributed by atoms with E-state index in [0.717, 1.165) is 6.07 Å². The number of benzene rings is 1. The van der Waals surface area contributed by atoms with Crippen molar-refractivity contribution in [2.24, 2.45) is 0 Å². The van der Waals surface area contributed by atoms with Crippen LogP contribution in [0.15, 0.2) is 29.0 Å². The fourth-order valence-electron chi connectivity index (χ4n) is 1.68. The van der Waals surface area contributed by atoms with Gasteiger partial charge in [-0.05, 0) is 6.07 Å². The molecule has 9 heteroatoms. The summed E-state index contributed by atoms with van der Waals surface area (Å²) < 4.78 is 18.1. The molecule has 0 radical (unpaired) electrons. The molecule has 0 aliphatic rings. The van der Waals surface area contributed by atoms with Gasteiger partial charge in [0, 0.05) is 13.1 Å². The van der Waals surface area contributed by atoms with Crippen molar-refractivity contribution >= 4 is 17.3 Å². The molecule has 0 aliphatic carbocycles. The van der Waals surface area contributed by atoms with E-state index >= 15 is 0 Å². The number of halogens is 1. The van der Waals surface area contributed by atoms with E-state index in [4.69, 9.17) is 0 Å². The van der Waals surface area contributed by atoms with Crippen LogP contribution in [0.3, 0.4) is 0 Å². The third-order valence-corrected chi connectivity index (χ3v) is 2.72. The quantitative estimate of drug-likeness (QED) is 0.641. The molecule has 0 saturated heterocycles. The molecule has 1 heterocycles. The highest BCUT2D eigenvalue weighted by molar-refractivity contribution is 5.99. The largest absolute Gasteiger partial charge is 0.386 e.